The molecule has 0 spiro atoms. The van der Waals surface area contributed by atoms with Gasteiger partial charge >= 0.3 is 0 Å². The monoisotopic (exact) mass is 684 g/mol. The number of phenols is 1. The van der Waals surface area contributed by atoms with E-state index in [1.54, 1.807) is 12.1 Å². The van der Waals surface area contributed by atoms with Crippen molar-refractivity contribution >= 4 is 63.7 Å². The second-order valence-corrected chi connectivity index (χ2v) is 11.3. The van der Waals surface area contributed by atoms with E-state index in [2.05, 4.69) is 16.0 Å². The van der Waals surface area contributed by atoms with E-state index >= 15 is 0 Å². The highest BCUT2D eigenvalue weighted by Crippen LogP contribution is 2.33. The fourth-order valence-electron chi connectivity index (χ4n) is 3.98. The maximum atomic E-state index is 13.5. The smallest absolute Gasteiger partial charge is 0.271 e. The Morgan fingerprint density at radius 2 is 1.75 bits per heavy atom. The van der Waals surface area contributed by atoms with Gasteiger partial charge in [0.15, 0.2) is 0 Å². The molecular formula is C25H29IN6O7S. The number of nitrogens with two attached hydrogens (primary N) is 2. The molecule has 3 rings (SSSR count). The van der Waals surface area contributed by atoms with Gasteiger partial charge in [0.2, 0.25) is 17.7 Å². The summed E-state index contributed by atoms with van der Waals surface area (Å²) in [4.78, 5) is 63.7. The van der Waals surface area contributed by atoms with Gasteiger partial charge in [-0.2, -0.15) is 0 Å². The molecule has 1 heterocycles. The average Bonchev–Trinajstić information content (AvgIpc) is 2.91. The molecule has 4 amide bonds. The Morgan fingerprint density at radius 3 is 2.38 bits per heavy atom. The minimum atomic E-state index is -1.18. The summed E-state index contributed by atoms with van der Waals surface area (Å²) >= 11 is 2.88. The maximum absolute atomic E-state index is 13.5. The van der Waals surface area contributed by atoms with E-state index in [0.29, 0.717) is 33.4 Å². The zero-order valence-corrected chi connectivity index (χ0v) is 24.2. The van der Waals surface area contributed by atoms with Crippen LogP contribution >= 0.6 is 34.4 Å². The number of thioether (sulfide) groups is 1. The molecule has 13 nitrogen and oxygen atoms in total. The van der Waals surface area contributed by atoms with E-state index in [0.717, 1.165) is 17.8 Å². The molecule has 0 saturated heterocycles. The van der Waals surface area contributed by atoms with Crippen LogP contribution in [0.3, 0.4) is 0 Å². The minimum absolute atomic E-state index is 0.0181. The van der Waals surface area contributed by atoms with Crippen LogP contribution in [0.4, 0.5) is 5.69 Å². The normalized spacial score (nSPS) is 20.1. The molecule has 3 atom stereocenters. The number of benzene rings is 2. The molecule has 214 valence electrons. The molecule has 0 radical (unpaired) electrons. The van der Waals surface area contributed by atoms with Gasteiger partial charge in [-0.25, -0.2) is 0 Å². The highest BCUT2D eigenvalue weighted by molar-refractivity contribution is 14.1. The van der Waals surface area contributed by atoms with Crippen LogP contribution in [0.1, 0.15) is 35.2 Å². The zero-order chi connectivity index (χ0) is 29.4. The number of non-ortho nitro benzene ring substituents is 1. The molecule has 0 bridgehead atoms. The fraction of sp³-hybridized carbons (Fsp3) is 0.360. The van der Waals surface area contributed by atoms with Crippen molar-refractivity contribution < 1.29 is 29.2 Å². The van der Waals surface area contributed by atoms with E-state index in [1.807, 2.05) is 22.6 Å². The summed E-state index contributed by atoms with van der Waals surface area (Å²) < 4.78 is 0.376. The maximum Gasteiger partial charge on any atom is 0.271 e. The molecule has 1 aliphatic rings. The topological polar surface area (TPSA) is 220 Å². The molecular weight excluding hydrogens is 655 g/mol. The van der Waals surface area contributed by atoms with E-state index in [1.165, 1.54) is 18.2 Å². The Bertz CT molecular complexity index is 1290. The van der Waals surface area contributed by atoms with Crippen LogP contribution in [0.5, 0.6) is 5.75 Å². The van der Waals surface area contributed by atoms with Gasteiger partial charge in [0.05, 0.1) is 10.5 Å². The van der Waals surface area contributed by atoms with Crippen molar-refractivity contribution in [2.45, 2.75) is 48.7 Å². The number of halogens is 1. The van der Waals surface area contributed by atoms with E-state index in [9.17, 15) is 34.4 Å². The lowest BCUT2D eigenvalue weighted by Gasteiger charge is -2.24. The van der Waals surface area contributed by atoms with Crippen molar-refractivity contribution in [3.05, 3.63) is 61.2 Å². The third-order valence-electron chi connectivity index (χ3n) is 6.12. The Kier molecular flexibility index (Phi) is 11.1. The lowest BCUT2D eigenvalue weighted by atomic mass is 10.0. The number of hydrogen-bond donors (Lipinski definition) is 6. The molecule has 0 aliphatic carbocycles. The number of primary amides is 1. The largest absolute Gasteiger partial charge is 0.508 e. The quantitative estimate of drug-likeness (QED) is 0.101. The second-order valence-electron chi connectivity index (χ2n) is 9.08. The molecule has 0 aromatic heterocycles. The number of fused-ring (bicyclic) bond motifs is 1. The third kappa shape index (κ3) is 8.28. The van der Waals surface area contributed by atoms with Crippen molar-refractivity contribution in [3.63, 3.8) is 0 Å². The number of nitrogens with zero attached hydrogens (tertiary/aromatic N) is 1. The lowest BCUT2D eigenvalue weighted by Crippen LogP contribution is -2.57. The minimum Gasteiger partial charge on any atom is -0.508 e. The average molecular weight is 685 g/mol. The lowest BCUT2D eigenvalue weighted by molar-refractivity contribution is -0.385. The molecule has 2 aromatic carbocycles. The third-order valence-corrected chi connectivity index (χ3v) is 8.56. The molecule has 40 heavy (non-hydrogen) atoms. The summed E-state index contributed by atoms with van der Waals surface area (Å²) in [6.45, 7) is 0.368. The molecule has 15 heteroatoms. The number of nitrogens with one attached hydrogen (secondary N) is 3. The first-order valence-corrected chi connectivity index (χ1v) is 14.4. The molecule has 8 N–H and O–H groups in total. The Balaban J connectivity index is 2.05. The van der Waals surface area contributed by atoms with E-state index < -0.39 is 46.7 Å². The summed E-state index contributed by atoms with van der Waals surface area (Å²) in [7, 11) is 0. The van der Waals surface area contributed by atoms with E-state index in [4.69, 9.17) is 11.5 Å². The number of rotatable bonds is 8. The molecule has 1 aliphatic heterocycles. The molecule has 0 saturated carbocycles. The van der Waals surface area contributed by atoms with Crippen molar-refractivity contribution in [2.75, 3.05) is 12.3 Å². The summed E-state index contributed by atoms with van der Waals surface area (Å²) in [6, 6.07) is 5.02. The van der Waals surface area contributed by atoms with Gasteiger partial charge in [0, 0.05) is 32.8 Å². The van der Waals surface area contributed by atoms with Gasteiger partial charge < -0.3 is 32.5 Å². The molecule has 3 unspecified atom stereocenters. The highest BCUT2D eigenvalue weighted by Gasteiger charge is 2.32. The first-order valence-electron chi connectivity index (χ1n) is 12.3. The molecule has 2 aromatic rings. The van der Waals surface area contributed by atoms with Crippen molar-refractivity contribution in [2.24, 2.45) is 11.5 Å². The SMILES string of the molecule is NCCCCC1NC(=O)c2cc([N+](=O)[O-])cc(I)c2SCC(C(N)=O)NC(=O)C(Cc2ccc(O)cc2)NC1=O. The Morgan fingerprint density at radius 1 is 1.07 bits per heavy atom. The number of aromatic hydroxyl groups is 1. The predicted molar refractivity (Wildman–Crippen MR) is 156 cm³/mol. The van der Waals surface area contributed by atoms with Crippen LogP contribution in [-0.4, -0.2) is 64.1 Å². The number of amides is 4. The fourth-order valence-corrected chi connectivity index (χ4v) is 6.14. The van der Waals surface area contributed by atoms with Crippen LogP contribution in [0.15, 0.2) is 41.3 Å². The van der Waals surface area contributed by atoms with Crippen LogP contribution in [0.2, 0.25) is 0 Å². The van der Waals surface area contributed by atoms with Gasteiger partial charge in [0.1, 0.15) is 23.9 Å². The van der Waals surface area contributed by atoms with E-state index in [-0.39, 0.29) is 35.6 Å². The van der Waals surface area contributed by atoms with Crippen LogP contribution in [-0.2, 0) is 20.8 Å². The first kappa shape index (κ1) is 31.1. The predicted octanol–water partition coefficient (Wildman–Crippen LogP) is 0.936. The van der Waals surface area contributed by atoms with Gasteiger partial charge in [0.25, 0.3) is 11.6 Å². The van der Waals surface area contributed by atoms with Crippen LogP contribution in [0, 0.1) is 13.7 Å². The van der Waals surface area contributed by atoms with Gasteiger partial charge in [-0.1, -0.05) is 12.1 Å². The highest BCUT2D eigenvalue weighted by atomic mass is 127. The van der Waals surface area contributed by atoms with Crippen molar-refractivity contribution in [3.8, 4) is 5.75 Å². The van der Waals surface area contributed by atoms with Crippen LogP contribution in [0.25, 0.3) is 0 Å². The standard InChI is InChI=1S/C25H29IN6O7S/c26-17-11-14(32(38)39)10-16-21(17)40-12-20(22(28)34)31-25(37)19(9-13-4-6-15(33)7-5-13)30-24(36)18(29-23(16)35)3-1-2-8-27/h4-7,10-11,18-20,33H,1-3,8-9,12,27H2,(H2,28,34)(H,29,35)(H,30,36)(H,31,37). The van der Waals surface area contributed by atoms with Crippen molar-refractivity contribution in [1.29, 1.82) is 0 Å². The Labute approximate surface area is 247 Å². The summed E-state index contributed by atoms with van der Waals surface area (Å²) in [5.41, 5.74) is 11.4. The zero-order valence-electron chi connectivity index (χ0n) is 21.2. The Hall–Kier alpha value is -3.44. The number of unbranched alkanes of at least 4 members (excludes halogenated alkanes) is 1. The summed E-state index contributed by atoms with van der Waals surface area (Å²) in [5, 5.41) is 29.0. The van der Waals surface area contributed by atoms with Crippen LogP contribution < -0.4 is 27.4 Å². The number of phenolic OH excluding ortho intramolecular Hbond substituents is 1. The van der Waals surface area contributed by atoms with Gasteiger partial charge in [-0.05, 0) is 66.1 Å². The van der Waals surface area contributed by atoms with Crippen molar-refractivity contribution in [1.82, 2.24) is 16.0 Å². The van der Waals surface area contributed by atoms with Gasteiger partial charge in [-0.3, -0.25) is 29.3 Å². The number of nitro groups is 1. The number of carbonyl (C=O) groups excluding carboxylic acids is 4. The second kappa shape index (κ2) is 14.3. The molecule has 0 fully saturated rings. The number of carbonyl (C=O) groups is 4. The number of nitro benzene ring substituents is 1. The summed E-state index contributed by atoms with van der Waals surface area (Å²) in [5.74, 6) is -2.94. The summed E-state index contributed by atoms with van der Waals surface area (Å²) in [6.07, 6.45) is 1.28. The number of hydrogen-bond acceptors (Lipinski definition) is 9. The van der Waals surface area contributed by atoms with Gasteiger partial charge in [-0.15, -0.1) is 11.8 Å². The first-order chi connectivity index (χ1) is 19.0.